The summed E-state index contributed by atoms with van der Waals surface area (Å²) in [5, 5.41) is 2.83. The largest absolute Gasteiger partial charge is 0.493 e. The van der Waals surface area contributed by atoms with Crippen LogP contribution in [0.15, 0.2) is 30.3 Å². The van der Waals surface area contributed by atoms with Gasteiger partial charge in [0.25, 0.3) is 0 Å². The average Bonchev–Trinajstić information content (AvgIpc) is 2.85. The third-order valence-electron chi connectivity index (χ3n) is 5.77. The number of carbonyl (C=O) groups excluding carboxylic acids is 1. The minimum absolute atomic E-state index is 0.00597. The molecule has 0 saturated heterocycles. The number of amides is 1. The molecule has 0 bridgehead atoms. The monoisotopic (exact) mass is 538 g/mol. The third-order valence-corrected chi connectivity index (χ3v) is 5.77. The van der Waals surface area contributed by atoms with Crippen molar-refractivity contribution in [3.8, 4) is 23.0 Å². The number of benzene rings is 2. The van der Waals surface area contributed by atoms with E-state index < -0.39 is 12.8 Å². The molecule has 1 amide bonds. The topological polar surface area (TPSA) is 69.3 Å². The molecule has 0 aliphatic rings. The molecule has 210 valence electrons. The summed E-state index contributed by atoms with van der Waals surface area (Å²) < 4.78 is 59.1. The van der Waals surface area contributed by atoms with Crippen LogP contribution in [-0.2, 0) is 4.79 Å². The summed E-state index contributed by atoms with van der Waals surface area (Å²) in [4.78, 5) is 15.0. The first-order valence-electron chi connectivity index (χ1n) is 12.3. The molecular formula is C28H37F3N2O5. The lowest BCUT2D eigenvalue weighted by Gasteiger charge is -2.30. The van der Waals surface area contributed by atoms with Gasteiger partial charge in [-0.1, -0.05) is 12.2 Å². The number of methoxy groups -OCH3 is 3. The van der Waals surface area contributed by atoms with E-state index in [2.05, 4.69) is 37.9 Å². The number of halogens is 3. The molecule has 0 aliphatic carbocycles. The molecule has 0 heterocycles. The molecule has 0 spiro atoms. The number of nitrogens with one attached hydrogen (secondary N) is 1. The van der Waals surface area contributed by atoms with Crippen molar-refractivity contribution in [2.24, 2.45) is 0 Å². The van der Waals surface area contributed by atoms with E-state index >= 15 is 0 Å². The van der Waals surface area contributed by atoms with E-state index in [1.807, 2.05) is 0 Å². The second-order valence-electron chi connectivity index (χ2n) is 9.17. The number of carbonyl (C=O) groups is 1. The highest BCUT2D eigenvalue weighted by atomic mass is 19.4. The Balaban J connectivity index is 2.35. The van der Waals surface area contributed by atoms with Crippen molar-refractivity contribution >= 4 is 23.7 Å². The fourth-order valence-corrected chi connectivity index (χ4v) is 3.98. The van der Waals surface area contributed by atoms with Gasteiger partial charge in [-0.25, -0.2) is 0 Å². The molecule has 0 aliphatic heterocycles. The molecule has 10 heteroatoms. The zero-order valence-electron chi connectivity index (χ0n) is 22.9. The standard InChI is InChI=1S/C28H37F3N2O5/c1-18(2)33(19(3)4)13-12-26(34)32-23-16-22(38-17-28(29,30)31)11-10-21(23)9-8-20-14-24(35-5)27(37-7)25(15-20)36-6/h8-11,14-16,18-19H,12-13,17H2,1-7H3,(H,32,34)/b9-8-. The van der Waals surface area contributed by atoms with E-state index in [1.165, 1.54) is 33.5 Å². The van der Waals surface area contributed by atoms with Crippen LogP contribution in [0.4, 0.5) is 18.9 Å². The van der Waals surface area contributed by atoms with Crippen molar-refractivity contribution < 1.29 is 36.9 Å². The Bertz CT molecular complexity index is 1070. The first-order valence-corrected chi connectivity index (χ1v) is 12.3. The number of alkyl halides is 3. The van der Waals surface area contributed by atoms with Crippen molar-refractivity contribution in [3.05, 3.63) is 41.5 Å². The average molecular weight is 539 g/mol. The molecule has 0 atom stereocenters. The van der Waals surface area contributed by atoms with Gasteiger partial charge in [0.05, 0.1) is 27.0 Å². The number of hydrogen-bond donors (Lipinski definition) is 1. The minimum Gasteiger partial charge on any atom is -0.493 e. The maximum atomic E-state index is 12.8. The van der Waals surface area contributed by atoms with Crippen LogP contribution >= 0.6 is 0 Å². The number of hydrogen-bond acceptors (Lipinski definition) is 6. The van der Waals surface area contributed by atoms with Gasteiger partial charge in [-0.3, -0.25) is 9.69 Å². The lowest BCUT2D eigenvalue weighted by molar-refractivity contribution is -0.153. The Labute approximate surface area is 222 Å². The van der Waals surface area contributed by atoms with Crippen molar-refractivity contribution in [2.75, 3.05) is 39.8 Å². The first kappa shape index (κ1) is 30.8. The molecular weight excluding hydrogens is 501 g/mol. The summed E-state index contributed by atoms with van der Waals surface area (Å²) >= 11 is 0. The summed E-state index contributed by atoms with van der Waals surface area (Å²) in [6.45, 7) is 7.36. The van der Waals surface area contributed by atoms with Crippen LogP contribution < -0.4 is 24.3 Å². The molecule has 38 heavy (non-hydrogen) atoms. The fraction of sp³-hybridized carbons (Fsp3) is 0.464. The molecule has 0 aromatic heterocycles. The zero-order valence-corrected chi connectivity index (χ0v) is 22.9. The summed E-state index contributed by atoms with van der Waals surface area (Å²) in [5.74, 6) is 1.12. The molecule has 0 unspecified atom stereocenters. The molecule has 0 fully saturated rings. The van der Waals surface area contributed by atoms with Crippen LogP contribution in [0.3, 0.4) is 0 Å². The van der Waals surface area contributed by atoms with Gasteiger partial charge in [0, 0.05) is 31.1 Å². The highest BCUT2D eigenvalue weighted by Gasteiger charge is 2.28. The molecule has 2 aromatic rings. The molecule has 1 N–H and O–H groups in total. The fourth-order valence-electron chi connectivity index (χ4n) is 3.98. The van der Waals surface area contributed by atoms with E-state index in [9.17, 15) is 18.0 Å². The van der Waals surface area contributed by atoms with Crippen molar-refractivity contribution in [3.63, 3.8) is 0 Å². The SMILES string of the molecule is COc1cc(/C=C\c2ccc(OCC(F)(F)F)cc2NC(=O)CCN(C(C)C)C(C)C)cc(OC)c1OC. The van der Waals surface area contributed by atoms with E-state index in [0.717, 1.165) is 5.56 Å². The highest BCUT2D eigenvalue weighted by molar-refractivity contribution is 5.94. The van der Waals surface area contributed by atoms with Crippen LogP contribution in [0.2, 0.25) is 0 Å². The van der Waals surface area contributed by atoms with Gasteiger partial charge in [0.15, 0.2) is 18.1 Å². The molecule has 0 saturated carbocycles. The van der Waals surface area contributed by atoms with E-state index in [4.69, 9.17) is 18.9 Å². The van der Waals surface area contributed by atoms with Crippen molar-refractivity contribution in [1.82, 2.24) is 4.90 Å². The summed E-state index contributed by atoms with van der Waals surface area (Å²) in [6.07, 6.45) is -0.755. The lowest BCUT2D eigenvalue weighted by Crippen LogP contribution is -2.39. The van der Waals surface area contributed by atoms with Gasteiger partial charge in [-0.05, 0) is 63.1 Å². The maximum Gasteiger partial charge on any atom is 0.422 e. The lowest BCUT2D eigenvalue weighted by atomic mass is 10.1. The van der Waals surface area contributed by atoms with E-state index in [0.29, 0.717) is 35.0 Å². The molecule has 7 nitrogen and oxygen atoms in total. The molecule has 2 aromatic carbocycles. The number of rotatable bonds is 13. The van der Waals surface area contributed by atoms with Crippen LogP contribution in [0, 0.1) is 0 Å². The summed E-state index contributed by atoms with van der Waals surface area (Å²) in [7, 11) is 4.53. The van der Waals surface area contributed by atoms with Crippen LogP contribution in [0.5, 0.6) is 23.0 Å². The van der Waals surface area contributed by atoms with Gasteiger partial charge in [0.2, 0.25) is 11.7 Å². The van der Waals surface area contributed by atoms with Crippen molar-refractivity contribution in [1.29, 1.82) is 0 Å². The van der Waals surface area contributed by atoms with Crippen molar-refractivity contribution in [2.45, 2.75) is 52.4 Å². The second kappa shape index (κ2) is 13.9. The van der Waals surface area contributed by atoms with Gasteiger partial charge >= 0.3 is 6.18 Å². The summed E-state index contributed by atoms with van der Waals surface area (Å²) in [6, 6.07) is 8.44. The molecule has 2 rings (SSSR count). The second-order valence-corrected chi connectivity index (χ2v) is 9.17. The van der Waals surface area contributed by atoms with E-state index in [1.54, 1.807) is 30.4 Å². The normalized spacial score (nSPS) is 11.9. The van der Waals surface area contributed by atoms with Crippen LogP contribution in [0.1, 0.15) is 45.2 Å². The van der Waals surface area contributed by atoms with Gasteiger partial charge < -0.3 is 24.3 Å². The first-order chi connectivity index (χ1) is 17.9. The Morgan fingerprint density at radius 3 is 2.05 bits per heavy atom. The Hall–Kier alpha value is -3.40. The van der Waals surface area contributed by atoms with Gasteiger partial charge in [0.1, 0.15) is 5.75 Å². The Morgan fingerprint density at radius 2 is 1.55 bits per heavy atom. The predicted molar refractivity (Wildman–Crippen MR) is 143 cm³/mol. The maximum absolute atomic E-state index is 12.8. The highest BCUT2D eigenvalue weighted by Crippen LogP contribution is 2.39. The van der Waals surface area contributed by atoms with Crippen LogP contribution in [-0.4, -0.2) is 63.5 Å². The summed E-state index contributed by atoms with van der Waals surface area (Å²) in [5.41, 5.74) is 1.63. The van der Waals surface area contributed by atoms with E-state index in [-0.39, 0.29) is 30.2 Å². The number of anilines is 1. The van der Waals surface area contributed by atoms with Crippen LogP contribution in [0.25, 0.3) is 12.2 Å². The van der Waals surface area contributed by atoms with Gasteiger partial charge in [-0.2, -0.15) is 13.2 Å². The number of ether oxygens (including phenoxy) is 4. The number of nitrogens with zero attached hydrogens (tertiary/aromatic N) is 1. The Morgan fingerprint density at radius 1 is 0.947 bits per heavy atom. The third kappa shape index (κ3) is 9.16. The zero-order chi connectivity index (χ0) is 28.5. The minimum atomic E-state index is -4.48. The molecule has 0 radical (unpaired) electrons. The Kier molecular flexibility index (Phi) is 11.3. The van der Waals surface area contributed by atoms with Gasteiger partial charge in [-0.15, -0.1) is 0 Å². The smallest absolute Gasteiger partial charge is 0.422 e. The predicted octanol–water partition coefficient (Wildman–Crippen LogP) is 6.27. The quantitative estimate of drug-likeness (QED) is 0.303.